The van der Waals surface area contributed by atoms with E-state index in [9.17, 15) is 14.7 Å². The Labute approximate surface area is 132 Å². The number of aryl methyl sites for hydroxylation is 1. The van der Waals surface area contributed by atoms with Gasteiger partial charge in [-0.2, -0.15) is 0 Å². The number of carboxylic acids is 1. The summed E-state index contributed by atoms with van der Waals surface area (Å²) in [6, 6.07) is 5.91. The molecular formula is C16H18BrNO3. The van der Waals surface area contributed by atoms with Crippen molar-refractivity contribution >= 4 is 33.9 Å². The van der Waals surface area contributed by atoms with E-state index >= 15 is 0 Å². The van der Waals surface area contributed by atoms with Crippen molar-refractivity contribution in [1.29, 1.82) is 0 Å². The Morgan fingerprint density at radius 1 is 1.43 bits per heavy atom. The molecule has 1 aliphatic rings. The van der Waals surface area contributed by atoms with Gasteiger partial charge in [-0.15, -0.1) is 0 Å². The molecule has 1 aromatic rings. The van der Waals surface area contributed by atoms with Crippen LogP contribution in [0, 0.1) is 12.3 Å². The Balaban J connectivity index is 2.05. The fourth-order valence-corrected chi connectivity index (χ4v) is 2.98. The molecule has 1 aromatic carbocycles. The highest BCUT2D eigenvalue weighted by Gasteiger charge is 2.41. The topological polar surface area (TPSA) is 57.6 Å². The zero-order valence-corrected chi connectivity index (χ0v) is 13.7. The fraction of sp³-hybridized carbons (Fsp3) is 0.375. The van der Waals surface area contributed by atoms with Crippen LogP contribution in [0.3, 0.4) is 0 Å². The molecule has 21 heavy (non-hydrogen) atoms. The summed E-state index contributed by atoms with van der Waals surface area (Å²) in [6.45, 7) is 4.44. The number of carbonyl (C=O) groups excluding carboxylic acids is 1. The molecule has 1 unspecified atom stereocenters. The molecular weight excluding hydrogens is 334 g/mol. The number of hydrogen-bond acceptors (Lipinski definition) is 2. The molecule has 1 heterocycles. The molecule has 0 bridgehead atoms. The van der Waals surface area contributed by atoms with Crippen LogP contribution < -0.4 is 0 Å². The van der Waals surface area contributed by atoms with E-state index in [1.807, 2.05) is 25.1 Å². The second kappa shape index (κ2) is 6.02. The number of amides is 1. The van der Waals surface area contributed by atoms with Crippen LogP contribution in [0.5, 0.6) is 0 Å². The minimum Gasteiger partial charge on any atom is -0.481 e. The van der Waals surface area contributed by atoms with Crippen LogP contribution in [0.1, 0.15) is 24.5 Å². The van der Waals surface area contributed by atoms with Crippen molar-refractivity contribution < 1.29 is 14.7 Å². The second-order valence-electron chi connectivity index (χ2n) is 5.73. The predicted molar refractivity (Wildman–Crippen MR) is 84.9 cm³/mol. The van der Waals surface area contributed by atoms with Crippen molar-refractivity contribution in [3.05, 3.63) is 39.9 Å². The molecule has 112 valence electrons. The minimum atomic E-state index is -0.844. The summed E-state index contributed by atoms with van der Waals surface area (Å²) >= 11 is 3.46. The summed E-state index contributed by atoms with van der Waals surface area (Å²) in [5.41, 5.74) is 1.24. The van der Waals surface area contributed by atoms with Crippen molar-refractivity contribution in [2.24, 2.45) is 5.41 Å². The lowest BCUT2D eigenvalue weighted by atomic mass is 9.90. The highest BCUT2D eigenvalue weighted by atomic mass is 79.9. The number of rotatable bonds is 3. The first kappa shape index (κ1) is 15.8. The Hall–Kier alpha value is -1.62. The standard InChI is InChI=1S/C16H18BrNO3/c1-11-3-4-12(13(17)9-11)5-6-14(19)18-8-7-16(2,10-18)15(20)21/h3-6,9H,7-8,10H2,1-2H3,(H,20,21). The molecule has 1 aliphatic heterocycles. The first-order valence-electron chi connectivity index (χ1n) is 6.78. The Morgan fingerprint density at radius 3 is 2.71 bits per heavy atom. The van der Waals surface area contributed by atoms with Gasteiger partial charge in [0.25, 0.3) is 0 Å². The summed E-state index contributed by atoms with van der Waals surface area (Å²) in [5.74, 6) is -0.990. The first-order chi connectivity index (χ1) is 9.82. The fourth-order valence-electron chi connectivity index (χ4n) is 2.36. The Kier molecular flexibility index (Phi) is 4.52. The molecule has 5 heteroatoms. The zero-order chi connectivity index (χ0) is 15.6. The molecule has 1 fully saturated rings. The van der Waals surface area contributed by atoms with E-state index in [-0.39, 0.29) is 12.5 Å². The number of benzene rings is 1. The molecule has 1 amide bonds. The largest absolute Gasteiger partial charge is 0.481 e. The van der Waals surface area contributed by atoms with Crippen LogP contribution in [0.25, 0.3) is 6.08 Å². The van der Waals surface area contributed by atoms with Gasteiger partial charge in [0.15, 0.2) is 0 Å². The van der Waals surface area contributed by atoms with Crippen LogP contribution in [-0.4, -0.2) is 35.0 Å². The summed E-state index contributed by atoms with van der Waals surface area (Å²) in [7, 11) is 0. The van der Waals surface area contributed by atoms with E-state index in [0.29, 0.717) is 13.0 Å². The maximum Gasteiger partial charge on any atom is 0.311 e. The van der Waals surface area contributed by atoms with Crippen LogP contribution >= 0.6 is 15.9 Å². The Morgan fingerprint density at radius 2 is 2.14 bits per heavy atom. The average Bonchev–Trinajstić information content (AvgIpc) is 2.82. The van der Waals surface area contributed by atoms with Crippen LogP contribution in [0.2, 0.25) is 0 Å². The van der Waals surface area contributed by atoms with E-state index in [1.54, 1.807) is 17.9 Å². The van der Waals surface area contributed by atoms with Gasteiger partial charge in [0.05, 0.1) is 5.41 Å². The number of carboxylic acid groups (broad SMARTS) is 1. The molecule has 1 atom stereocenters. The van der Waals surface area contributed by atoms with Crippen molar-refractivity contribution in [2.45, 2.75) is 20.3 Å². The third kappa shape index (κ3) is 3.53. The minimum absolute atomic E-state index is 0.146. The predicted octanol–water partition coefficient (Wildman–Crippen LogP) is 3.09. The monoisotopic (exact) mass is 351 g/mol. The summed E-state index contributed by atoms with van der Waals surface area (Å²) < 4.78 is 0.934. The van der Waals surface area contributed by atoms with E-state index in [4.69, 9.17) is 0 Å². The van der Waals surface area contributed by atoms with Gasteiger partial charge in [0.2, 0.25) is 5.91 Å². The lowest BCUT2D eigenvalue weighted by Gasteiger charge is -2.19. The van der Waals surface area contributed by atoms with E-state index in [1.165, 1.54) is 6.08 Å². The maximum atomic E-state index is 12.1. The molecule has 0 aliphatic carbocycles. The van der Waals surface area contributed by atoms with Gasteiger partial charge in [0, 0.05) is 23.6 Å². The van der Waals surface area contributed by atoms with Crippen molar-refractivity contribution in [1.82, 2.24) is 4.90 Å². The number of carbonyl (C=O) groups is 2. The van der Waals surface area contributed by atoms with Gasteiger partial charge in [0.1, 0.15) is 0 Å². The third-order valence-electron chi connectivity index (χ3n) is 3.86. The summed E-state index contributed by atoms with van der Waals surface area (Å²) in [6.07, 6.45) is 3.75. The maximum absolute atomic E-state index is 12.1. The highest BCUT2D eigenvalue weighted by molar-refractivity contribution is 9.10. The highest BCUT2D eigenvalue weighted by Crippen LogP contribution is 2.30. The number of aliphatic carboxylic acids is 1. The number of hydrogen-bond donors (Lipinski definition) is 1. The van der Waals surface area contributed by atoms with Crippen molar-refractivity contribution in [3.8, 4) is 0 Å². The smallest absolute Gasteiger partial charge is 0.311 e. The first-order valence-corrected chi connectivity index (χ1v) is 7.58. The molecule has 1 saturated heterocycles. The zero-order valence-electron chi connectivity index (χ0n) is 12.1. The summed E-state index contributed by atoms with van der Waals surface area (Å²) in [5, 5.41) is 9.18. The SMILES string of the molecule is Cc1ccc(C=CC(=O)N2CCC(C)(C(=O)O)C2)c(Br)c1. The van der Waals surface area contributed by atoms with Gasteiger partial charge in [-0.1, -0.05) is 28.1 Å². The second-order valence-corrected chi connectivity index (χ2v) is 6.59. The summed E-state index contributed by atoms with van der Waals surface area (Å²) in [4.78, 5) is 24.9. The van der Waals surface area contributed by atoms with Crippen molar-refractivity contribution in [3.63, 3.8) is 0 Å². The van der Waals surface area contributed by atoms with E-state index in [2.05, 4.69) is 15.9 Å². The molecule has 4 nitrogen and oxygen atoms in total. The molecule has 1 N–H and O–H groups in total. The third-order valence-corrected chi connectivity index (χ3v) is 4.55. The lowest BCUT2D eigenvalue weighted by molar-refractivity contribution is -0.147. The van der Waals surface area contributed by atoms with Crippen molar-refractivity contribution in [2.75, 3.05) is 13.1 Å². The van der Waals surface area contributed by atoms with Gasteiger partial charge < -0.3 is 10.0 Å². The van der Waals surface area contributed by atoms with Crippen LogP contribution in [-0.2, 0) is 9.59 Å². The molecule has 2 rings (SSSR count). The number of nitrogens with zero attached hydrogens (tertiary/aromatic N) is 1. The molecule has 0 radical (unpaired) electrons. The van der Waals surface area contributed by atoms with Gasteiger partial charge >= 0.3 is 5.97 Å². The van der Waals surface area contributed by atoms with Gasteiger partial charge in [-0.05, 0) is 43.5 Å². The quantitative estimate of drug-likeness (QED) is 0.851. The average molecular weight is 352 g/mol. The van der Waals surface area contributed by atoms with E-state index < -0.39 is 11.4 Å². The lowest BCUT2D eigenvalue weighted by Crippen LogP contribution is -2.34. The van der Waals surface area contributed by atoms with E-state index in [0.717, 1.165) is 15.6 Å². The molecule has 0 spiro atoms. The normalized spacial score (nSPS) is 22.0. The number of likely N-dealkylation sites (tertiary alicyclic amines) is 1. The van der Waals surface area contributed by atoms with Crippen LogP contribution in [0.15, 0.2) is 28.7 Å². The Bertz CT molecular complexity index is 612. The van der Waals surface area contributed by atoms with Gasteiger partial charge in [-0.3, -0.25) is 9.59 Å². The molecule has 0 aromatic heterocycles. The molecule has 0 saturated carbocycles. The van der Waals surface area contributed by atoms with Crippen LogP contribution in [0.4, 0.5) is 0 Å². The van der Waals surface area contributed by atoms with Gasteiger partial charge in [-0.25, -0.2) is 0 Å². The number of halogens is 1.